The lowest BCUT2D eigenvalue weighted by atomic mass is 10.2. The van der Waals surface area contributed by atoms with Crippen LogP contribution in [0.2, 0.25) is 5.15 Å². The highest BCUT2D eigenvalue weighted by molar-refractivity contribution is 7.90. The number of oxime groups is 1. The van der Waals surface area contributed by atoms with Gasteiger partial charge in [0.05, 0.1) is 12.7 Å². The number of hydrogen-bond donors (Lipinski definition) is 2. The minimum atomic E-state index is -4.61. The molecule has 3 amide bonds. The van der Waals surface area contributed by atoms with Crippen molar-refractivity contribution in [2.45, 2.75) is 31.1 Å². The van der Waals surface area contributed by atoms with E-state index in [-0.39, 0.29) is 64.2 Å². The van der Waals surface area contributed by atoms with Gasteiger partial charge in [-0.3, -0.25) is 10.1 Å². The molecule has 0 spiro atoms. The highest BCUT2D eigenvalue weighted by Gasteiger charge is 2.36. The zero-order chi connectivity index (χ0) is 38.1. The highest BCUT2D eigenvalue weighted by atomic mass is 35.5. The Labute approximate surface area is 301 Å². The summed E-state index contributed by atoms with van der Waals surface area (Å²) < 4.78 is 92.5. The van der Waals surface area contributed by atoms with Gasteiger partial charge in [0.15, 0.2) is 18.2 Å². The van der Waals surface area contributed by atoms with E-state index in [9.17, 15) is 35.6 Å². The number of benzene rings is 1. The summed E-state index contributed by atoms with van der Waals surface area (Å²) >= 11 is 5.99. The Morgan fingerprint density at radius 1 is 1.12 bits per heavy atom. The third-order valence-corrected chi connectivity index (χ3v) is 8.37. The zero-order valence-corrected chi connectivity index (χ0v) is 29.3. The second-order valence-corrected chi connectivity index (χ2v) is 13.0. The number of aromatic nitrogens is 5. The molecule has 278 valence electrons. The van der Waals surface area contributed by atoms with Crippen molar-refractivity contribution in [1.82, 2.24) is 29.9 Å². The van der Waals surface area contributed by atoms with Crippen LogP contribution in [-0.4, -0.2) is 84.4 Å². The van der Waals surface area contributed by atoms with Crippen LogP contribution in [0.15, 0.2) is 58.8 Å². The first-order chi connectivity index (χ1) is 24.6. The number of halogens is 5. The molecule has 4 heterocycles. The Balaban J connectivity index is 0.000000236. The van der Waals surface area contributed by atoms with E-state index >= 15 is 0 Å². The van der Waals surface area contributed by atoms with Crippen LogP contribution in [0.3, 0.4) is 0 Å². The third-order valence-electron chi connectivity index (χ3n) is 6.01. The van der Waals surface area contributed by atoms with Gasteiger partial charge in [-0.05, 0) is 55.4 Å². The highest BCUT2D eigenvalue weighted by Crippen LogP contribution is 2.34. The zero-order valence-electron chi connectivity index (χ0n) is 26.9. The molecule has 0 saturated carbocycles. The molecule has 0 bridgehead atoms. The number of alkyl halides is 3. The average molecular weight is 792 g/mol. The van der Waals surface area contributed by atoms with Gasteiger partial charge >= 0.3 is 12.2 Å². The SMILES string of the molecule is CC(C)N(C(=O)COc1nnc(C(F)(F)F)s1)c1ccc(F)cc1.COc1cc(Cl)nc(NC(=O)NS(=O)(=O)c2ncccc2C2=NOCCO2)n1. The molecule has 0 radical (unpaired) electrons. The van der Waals surface area contributed by atoms with Gasteiger partial charge in [0.1, 0.15) is 17.6 Å². The molecule has 0 unspecified atom stereocenters. The smallest absolute Gasteiger partial charge is 0.445 e. The van der Waals surface area contributed by atoms with Gasteiger partial charge in [-0.2, -0.15) is 26.6 Å². The number of ether oxygens (including phenoxy) is 3. The van der Waals surface area contributed by atoms with Crippen molar-refractivity contribution >= 4 is 62.4 Å². The average Bonchev–Trinajstić information content (AvgIpc) is 3.59. The lowest BCUT2D eigenvalue weighted by molar-refractivity contribution is -0.138. The van der Waals surface area contributed by atoms with Gasteiger partial charge in [0.25, 0.3) is 27.0 Å². The van der Waals surface area contributed by atoms with E-state index in [4.69, 9.17) is 30.6 Å². The molecule has 0 fully saturated rings. The topological polar surface area (TPSA) is 209 Å². The Bertz CT molecular complexity index is 2020. The largest absolute Gasteiger partial charge is 0.481 e. The van der Waals surface area contributed by atoms with Crippen molar-refractivity contribution in [2.24, 2.45) is 5.16 Å². The molecular formula is C28H26ClF4N9O8S2. The number of methoxy groups -OCH3 is 1. The molecule has 1 aliphatic heterocycles. The van der Waals surface area contributed by atoms with Crippen LogP contribution in [0.4, 0.5) is 34.0 Å². The van der Waals surface area contributed by atoms with E-state index in [2.05, 4.69) is 35.6 Å². The number of nitrogens with zero attached hydrogens (tertiary/aromatic N) is 7. The predicted molar refractivity (Wildman–Crippen MR) is 175 cm³/mol. The van der Waals surface area contributed by atoms with E-state index in [0.717, 1.165) is 0 Å². The van der Waals surface area contributed by atoms with Crippen LogP contribution in [0.25, 0.3) is 0 Å². The van der Waals surface area contributed by atoms with Crippen LogP contribution < -0.4 is 24.4 Å². The Hall–Kier alpha value is -5.42. The Morgan fingerprint density at radius 2 is 1.85 bits per heavy atom. The van der Waals surface area contributed by atoms with E-state index < -0.39 is 50.6 Å². The number of carbonyl (C=O) groups is 2. The number of nitrogens with one attached hydrogen (secondary N) is 2. The van der Waals surface area contributed by atoms with Gasteiger partial charge in [0, 0.05) is 24.0 Å². The number of carbonyl (C=O) groups excluding carboxylic acids is 2. The van der Waals surface area contributed by atoms with E-state index in [1.807, 2.05) is 0 Å². The molecule has 17 nitrogen and oxygen atoms in total. The maximum Gasteiger partial charge on any atom is 0.445 e. The van der Waals surface area contributed by atoms with Crippen LogP contribution >= 0.6 is 22.9 Å². The van der Waals surface area contributed by atoms with Crippen molar-refractivity contribution in [2.75, 3.05) is 37.1 Å². The van der Waals surface area contributed by atoms with Crippen molar-refractivity contribution in [1.29, 1.82) is 0 Å². The number of pyridine rings is 1. The molecule has 0 aliphatic carbocycles. The summed E-state index contributed by atoms with van der Waals surface area (Å²) in [6, 6.07) is 8.10. The number of anilines is 2. The molecule has 52 heavy (non-hydrogen) atoms. The van der Waals surface area contributed by atoms with Gasteiger partial charge in [-0.15, -0.1) is 5.10 Å². The van der Waals surface area contributed by atoms with E-state index in [0.29, 0.717) is 5.69 Å². The van der Waals surface area contributed by atoms with Crippen molar-refractivity contribution in [3.05, 3.63) is 70.2 Å². The summed E-state index contributed by atoms with van der Waals surface area (Å²) in [4.78, 5) is 42.0. The van der Waals surface area contributed by atoms with Crippen molar-refractivity contribution in [3.8, 4) is 11.1 Å². The lowest BCUT2D eigenvalue weighted by Gasteiger charge is -2.26. The maximum absolute atomic E-state index is 13.0. The monoisotopic (exact) mass is 791 g/mol. The van der Waals surface area contributed by atoms with Gasteiger partial charge < -0.3 is 23.9 Å². The molecule has 24 heteroatoms. The van der Waals surface area contributed by atoms with Crippen LogP contribution in [0.1, 0.15) is 24.4 Å². The number of amides is 3. The number of urea groups is 1. The standard InChI is InChI=1S/C14H13ClN6O6S.C14H13F4N3O2S/c1-25-10-7-9(15)17-13(18-10)19-14(22)21-28(23,24)12-8(3-2-4-16-12)11-20-27-6-5-26-11;1-8(2)21(10-5-3-9(15)4-6-10)11(22)7-23-13-20-19-12(24-13)14(16,17)18/h2-4,7H,5-6H2,1H3,(H2,17,18,19,21,22);3-6,8H,7H2,1-2H3. The summed E-state index contributed by atoms with van der Waals surface area (Å²) in [5.74, 6) is -1.19. The van der Waals surface area contributed by atoms with Crippen LogP contribution in [0, 0.1) is 5.82 Å². The van der Waals surface area contributed by atoms with Gasteiger partial charge in [-0.25, -0.2) is 23.9 Å². The first-order valence-electron chi connectivity index (χ1n) is 14.4. The summed E-state index contributed by atoms with van der Waals surface area (Å²) in [7, 11) is -3.05. The lowest BCUT2D eigenvalue weighted by Crippen LogP contribution is -2.40. The fourth-order valence-electron chi connectivity index (χ4n) is 3.96. The maximum atomic E-state index is 13.0. The molecule has 3 aromatic heterocycles. The van der Waals surface area contributed by atoms with Gasteiger partial charge in [0.2, 0.25) is 16.8 Å². The number of sulfonamides is 1. The predicted octanol–water partition coefficient (Wildman–Crippen LogP) is 4.27. The van der Waals surface area contributed by atoms with Crippen LogP contribution in [-0.2, 0) is 30.6 Å². The molecule has 5 rings (SSSR count). The summed E-state index contributed by atoms with van der Waals surface area (Å²) in [6.45, 7) is 3.40. The quantitative estimate of drug-likeness (QED) is 0.170. The molecule has 0 saturated heterocycles. The van der Waals surface area contributed by atoms with Gasteiger partial charge in [-0.1, -0.05) is 28.0 Å². The van der Waals surface area contributed by atoms with Crippen molar-refractivity contribution < 1.29 is 54.6 Å². The Morgan fingerprint density at radius 3 is 2.46 bits per heavy atom. The summed E-state index contributed by atoms with van der Waals surface area (Å²) in [5.41, 5.74) is 0.483. The first kappa shape index (κ1) is 39.4. The number of hydrogen-bond acceptors (Lipinski definition) is 15. The number of rotatable bonds is 10. The fourth-order valence-corrected chi connectivity index (χ4v) is 5.74. The fraction of sp³-hybridized carbons (Fsp3) is 0.286. The van der Waals surface area contributed by atoms with Crippen molar-refractivity contribution in [3.63, 3.8) is 0 Å². The molecule has 1 aromatic carbocycles. The molecule has 2 N–H and O–H groups in total. The molecule has 4 aromatic rings. The second kappa shape index (κ2) is 17.2. The third kappa shape index (κ3) is 10.8. The summed E-state index contributed by atoms with van der Waals surface area (Å²) in [5, 5.41) is 10.0. The minimum Gasteiger partial charge on any atom is -0.481 e. The minimum absolute atomic E-state index is 0.00974. The summed E-state index contributed by atoms with van der Waals surface area (Å²) in [6.07, 6.45) is -3.37. The first-order valence-corrected chi connectivity index (χ1v) is 17.1. The van der Waals surface area contributed by atoms with Crippen LogP contribution in [0.5, 0.6) is 11.1 Å². The molecule has 0 atom stereocenters. The second-order valence-electron chi connectivity index (χ2n) is 10.0. The molecule has 1 aliphatic rings. The molecular weight excluding hydrogens is 766 g/mol. The van der Waals surface area contributed by atoms with E-state index in [1.54, 1.807) is 18.6 Å². The Kier molecular flexibility index (Phi) is 13.0. The normalized spacial score (nSPS) is 12.7. The van der Waals surface area contributed by atoms with E-state index in [1.165, 1.54) is 60.7 Å².